The molecule has 122 valence electrons. The van der Waals surface area contributed by atoms with Crippen LogP contribution in [0.4, 0.5) is 5.69 Å². The average molecular weight is 395 g/mol. The maximum absolute atomic E-state index is 12.8. The zero-order valence-electron chi connectivity index (χ0n) is 12.4. The van der Waals surface area contributed by atoms with Crippen molar-refractivity contribution < 1.29 is 4.79 Å². The topological polar surface area (TPSA) is 23.6 Å². The van der Waals surface area contributed by atoms with Crippen molar-refractivity contribution in [1.29, 1.82) is 0 Å². The van der Waals surface area contributed by atoms with E-state index in [1.807, 2.05) is 41.3 Å². The van der Waals surface area contributed by atoms with E-state index in [-0.39, 0.29) is 17.3 Å². The molecule has 0 unspecified atom stereocenters. The number of nitrogens with zero attached hydrogens (tertiary/aromatic N) is 2. The lowest BCUT2D eigenvalue weighted by molar-refractivity contribution is -0.119. The van der Waals surface area contributed by atoms with Crippen molar-refractivity contribution in [3.8, 4) is 0 Å². The molecule has 0 spiro atoms. The lowest BCUT2D eigenvalue weighted by atomic mass is 10.2. The summed E-state index contributed by atoms with van der Waals surface area (Å²) in [5.74, 6) is 0.738. The predicted octanol–water partition coefficient (Wildman–Crippen LogP) is 4.74. The van der Waals surface area contributed by atoms with E-state index in [1.54, 1.807) is 28.8 Å². The number of carbonyl (C=O) groups excluding carboxylic acids is 1. The van der Waals surface area contributed by atoms with Crippen LogP contribution in [0.25, 0.3) is 0 Å². The van der Waals surface area contributed by atoms with Gasteiger partial charge >= 0.3 is 0 Å². The second-order valence-corrected chi connectivity index (χ2v) is 7.94. The molecule has 24 heavy (non-hydrogen) atoms. The highest BCUT2D eigenvalue weighted by Crippen LogP contribution is 2.46. The van der Waals surface area contributed by atoms with E-state index < -0.39 is 0 Å². The van der Waals surface area contributed by atoms with Gasteiger partial charge in [-0.2, -0.15) is 0 Å². The summed E-state index contributed by atoms with van der Waals surface area (Å²) in [5.41, 5.74) is 1.85. The second-order valence-electron chi connectivity index (χ2n) is 5.59. The molecule has 2 fully saturated rings. The molecule has 0 N–H and O–H groups in total. The van der Waals surface area contributed by atoms with Gasteiger partial charge in [-0.25, -0.2) is 0 Å². The molecule has 2 heterocycles. The van der Waals surface area contributed by atoms with Gasteiger partial charge in [0.1, 0.15) is 11.4 Å². The van der Waals surface area contributed by atoms with Crippen molar-refractivity contribution in [2.24, 2.45) is 0 Å². The Labute approximate surface area is 159 Å². The Morgan fingerprint density at radius 3 is 2.21 bits per heavy atom. The predicted molar refractivity (Wildman–Crippen MR) is 104 cm³/mol. The van der Waals surface area contributed by atoms with Crippen LogP contribution in [-0.2, 0) is 4.79 Å². The van der Waals surface area contributed by atoms with Crippen molar-refractivity contribution in [1.82, 2.24) is 4.90 Å². The minimum atomic E-state index is -0.223. The Morgan fingerprint density at radius 1 is 1.00 bits per heavy atom. The highest BCUT2D eigenvalue weighted by molar-refractivity contribution is 7.99. The van der Waals surface area contributed by atoms with E-state index in [9.17, 15) is 4.79 Å². The fourth-order valence-corrected chi connectivity index (χ4v) is 5.17. The molecule has 2 saturated heterocycles. The van der Waals surface area contributed by atoms with E-state index in [4.69, 9.17) is 35.4 Å². The van der Waals surface area contributed by atoms with E-state index in [0.717, 1.165) is 17.0 Å². The van der Waals surface area contributed by atoms with E-state index in [1.165, 1.54) is 0 Å². The molecule has 2 aromatic carbocycles. The van der Waals surface area contributed by atoms with E-state index >= 15 is 0 Å². The molecular formula is C17H12Cl2N2OS2. The maximum Gasteiger partial charge on any atom is 0.257 e. The Kier molecular flexibility index (Phi) is 4.21. The molecule has 0 saturated carbocycles. The summed E-state index contributed by atoms with van der Waals surface area (Å²) < 4.78 is 0. The SMILES string of the molecule is O=C1[C@@H]2CS[C@@H](c3ccc(Cl)cc3)N2C(=S)N1c1ccc(Cl)cc1. The van der Waals surface area contributed by atoms with Crippen LogP contribution >= 0.6 is 47.2 Å². The first-order chi connectivity index (χ1) is 11.6. The summed E-state index contributed by atoms with van der Waals surface area (Å²) in [5, 5.41) is 1.89. The average Bonchev–Trinajstić information content (AvgIpc) is 3.11. The lowest BCUT2D eigenvalue weighted by Crippen LogP contribution is -2.33. The van der Waals surface area contributed by atoms with Gasteiger partial charge in [0.15, 0.2) is 5.11 Å². The van der Waals surface area contributed by atoms with Crippen LogP contribution in [0.1, 0.15) is 10.9 Å². The third-order valence-corrected chi connectivity index (χ3v) is 6.38. The second kappa shape index (κ2) is 6.23. The minimum Gasteiger partial charge on any atom is -0.319 e. The zero-order valence-corrected chi connectivity index (χ0v) is 15.5. The first kappa shape index (κ1) is 16.2. The van der Waals surface area contributed by atoms with E-state index in [0.29, 0.717) is 15.2 Å². The number of fused-ring (bicyclic) bond motifs is 1. The van der Waals surface area contributed by atoms with Gasteiger partial charge in [0.05, 0.1) is 5.69 Å². The fourth-order valence-electron chi connectivity index (χ4n) is 3.00. The fraction of sp³-hybridized carbons (Fsp3) is 0.176. The summed E-state index contributed by atoms with van der Waals surface area (Å²) in [7, 11) is 0. The van der Waals surface area contributed by atoms with Crippen molar-refractivity contribution in [3.05, 3.63) is 64.1 Å². The molecule has 2 atom stereocenters. The van der Waals surface area contributed by atoms with Gasteiger partial charge in [0, 0.05) is 15.8 Å². The molecule has 4 rings (SSSR count). The standard InChI is InChI=1S/C17H12Cl2N2OS2/c18-11-3-1-10(2-4-11)16-21-14(9-24-16)15(22)20(17(21)23)13-7-5-12(19)6-8-13/h1-8,14,16H,9H2/t14-,16-/m0/s1. The van der Waals surface area contributed by atoms with Gasteiger partial charge in [0.2, 0.25) is 0 Å². The summed E-state index contributed by atoms with van der Waals surface area (Å²) in [6, 6.07) is 14.6. The number of thiocarbonyl (C=S) groups is 1. The van der Waals surface area contributed by atoms with Crippen molar-refractivity contribution in [3.63, 3.8) is 0 Å². The quantitative estimate of drug-likeness (QED) is 0.686. The van der Waals surface area contributed by atoms with Gasteiger partial charge in [-0.3, -0.25) is 9.69 Å². The summed E-state index contributed by atoms with van der Waals surface area (Å²) in [4.78, 5) is 16.5. The number of hydrogen-bond donors (Lipinski definition) is 0. The van der Waals surface area contributed by atoms with E-state index in [2.05, 4.69) is 0 Å². The maximum atomic E-state index is 12.8. The Morgan fingerprint density at radius 2 is 1.58 bits per heavy atom. The van der Waals surface area contributed by atoms with Crippen LogP contribution in [0.15, 0.2) is 48.5 Å². The third kappa shape index (κ3) is 2.60. The molecule has 0 radical (unpaired) electrons. The molecular weight excluding hydrogens is 383 g/mol. The number of rotatable bonds is 2. The van der Waals surface area contributed by atoms with Crippen molar-refractivity contribution in [2.45, 2.75) is 11.4 Å². The number of carbonyl (C=O) groups is 1. The highest BCUT2D eigenvalue weighted by atomic mass is 35.5. The van der Waals surface area contributed by atoms with Crippen LogP contribution in [0, 0.1) is 0 Å². The number of amides is 1. The first-order valence-corrected chi connectivity index (χ1v) is 9.56. The van der Waals surface area contributed by atoms with Crippen molar-refractivity contribution in [2.75, 3.05) is 10.7 Å². The van der Waals surface area contributed by atoms with Gasteiger partial charge < -0.3 is 4.90 Å². The lowest BCUT2D eigenvalue weighted by Gasteiger charge is -2.25. The minimum absolute atomic E-state index is 0.0197. The van der Waals surface area contributed by atoms with Crippen molar-refractivity contribution >= 4 is 63.9 Å². The largest absolute Gasteiger partial charge is 0.319 e. The van der Waals surface area contributed by atoms with Gasteiger partial charge in [0.25, 0.3) is 5.91 Å². The summed E-state index contributed by atoms with van der Waals surface area (Å²) in [6.07, 6.45) is 0. The van der Waals surface area contributed by atoms with Gasteiger partial charge in [-0.05, 0) is 54.2 Å². The molecule has 1 amide bonds. The first-order valence-electron chi connectivity index (χ1n) is 7.35. The summed E-state index contributed by atoms with van der Waals surface area (Å²) >= 11 is 19.3. The Bertz CT molecular complexity index is 810. The van der Waals surface area contributed by atoms with Gasteiger partial charge in [-0.1, -0.05) is 35.3 Å². The van der Waals surface area contributed by atoms with Crippen LogP contribution in [0.2, 0.25) is 10.0 Å². The number of anilines is 1. The number of halogens is 2. The molecule has 0 aliphatic carbocycles. The molecule has 0 aromatic heterocycles. The van der Waals surface area contributed by atoms with Crippen LogP contribution in [0.3, 0.4) is 0 Å². The zero-order chi connectivity index (χ0) is 16.8. The van der Waals surface area contributed by atoms with Crippen LogP contribution in [0.5, 0.6) is 0 Å². The van der Waals surface area contributed by atoms with Crippen LogP contribution < -0.4 is 4.90 Å². The third-order valence-electron chi connectivity index (χ3n) is 4.16. The Balaban J connectivity index is 1.67. The highest BCUT2D eigenvalue weighted by Gasteiger charge is 2.50. The number of thioether (sulfide) groups is 1. The normalized spacial score (nSPS) is 23.1. The molecule has 7 heteroatoms. The molecule has 2 aliphatic rings. The summed E-state index contributed by atoms with van der Waals surface area (Å²) in [6.45, 7) is 0. The molecule has 2 aliphatic heterocycles. The number of hydrogen-bond acceptors (Lipinski definition) is 3. The van der Waals surface area contributed by atoms with Crippen LogP contribution in [-0.4, -0.2) is 27.7 Å². The number of benzene rings is 2. The molecule has 2 aromatic rings. The molecule has 3 nitrogen and oxygen atoms in total. The monoisotopic (exact) mass is 394 g/mol. The molecule has 0 bridgehead atoms. The van der Waals surface area contributed by atoms with Gasteiger partial charge in [-0.15, -0.1) is 11.8 Å². The Hall–Kier alpha value is -1.27. The smallest absolute Gasteiger partial charge is 0.257 e.